The molecule has 1 fully saturated rings. The van der Waals surface area contributed by atoms with E-state index in [-0.39, 0.29) is 0 Å². The fraction of sp³-hybridized carbons (Fsp3) is 0.111. The van der Waals surface area contributed by atoms with Crippen molar-refractivity contribution in [1.82, 2.24) is 11.0 Å². The monoisotopic (exact) mass is 160 g/mol. The molecule has 2 aliphatic carbocycles. The second-order valence-electron chi connectivity index (χ2n) is 2.97. The molecule has 0 amide bonds. The summed E-state index contributed by atoms with van der Waals surface area (Å²) in [7, 11) is 0. The lowest BCUT2D eigenvalue weighted by atomic mass is 10.0. The fourth-order valence-electron chi connectivity index (χ4n) is 1.68. The highest BCUT2D eigenvalue weighted by Crippen LogP contribution is 2.34. The highest BCUT2D eigenvalue weighted by molar-refractivity contribution is 5.60. The second-order valence-corrected chi connectivity index (χ2v) is 2.97. The lowest BCUT2D eigenvalue weighted by Crippen LogP contribution is -2.08. The highest BCUT2D eigenvalue weighted by atomic mass is 16.8. The Bertz CT molecular complexity index is 361. The maximum Gasteiger partial charge on any atom is 0.0925 e. The maximum absolute atomic E-state index is 4.88. The standard InChI is InChI=1S/C9H8N2O/c1-2-4-7-6(3-1)5-8-9(7)11-12-10-8/h1-3,5,10-11H,4H2. The molecule has 0 radical (unpaired) electrons. The Kier molecular flexibility index (Phi) is 1.02. The Balaban J connectivity index is 2.17. The van der Waals surface area contributed by atoms with E-state index >= 15 is 0 Å². The van der Waals surface area contributed by atoms with E-state index in [4.69, 9.17) is 4.94 Å². The van der Waals surface area contributed by atoms with Gasteiger partial charge in [0.1, 0.15) is 0 Å². The van der Waals surface area contributed by atoms with Crippen molar-refractivity contribution < 1.29 is 4.94 Å². The summed E-state index contributed by atoms with van der Waals surface area (Å²) < 4.78 is 0. The third-order valence-electron chi connectivity index (χ3n) is 2.27. The van der Waals surface area contributed by atoms with Crippen molar-refractivity contribution in [1.29, 1.82) is 0 Å². The normalized spacial score (nSPS) is 24.0. The van der Waals surface area contributed by atoms with Crippen LogP contribution in [-0.2, 0) is 4.94 Å². The van der Waals surface area contributed by atoms with E-state index in [1.165, 1.54) is 11.1 Å². The molecule has 3 rings (SSSR count). The van der Waals surface area contributed by atoms with Gasteiger partial charge in [-0.05, 0) is 23.6 Å². The van der Waals surface area contributed by atoms with Gasteiger partial charge in [0.15, 0.2) is 0 Å². The largest absolute Gasteiger partial charge is 0.240 e. The summed E-state index contributed by atoms with van der Waals surface area (Å²) in [5, 5.41) is 0. The maximum atomic E-state index is 4.88. The number of rotatable bonds is 0. The van der Waals surface area contributed by atoms with Gasteiger partial charge in [0, 0.05) is 0 Å². The number of hydrogen-bond donors (Lipinski definition) is 2. The summed E-state index contributed by atoms with van der Waals surface area (Å²) in [5.41, 5.74) is 10.4. The SMILES string of the molecule is C1=CCC2=C3NONC3=CC2=C1. The minimum absolute atomic E-state index is 0.985. The van der Waals surface area contributed by atoms with Gasteiger partial charge in [0.25, 0.3) is 0 Å². The summed E-state index contributed by atoms with van der Waals surface area (Å²) in [5.74, 6) is 0. The smallest absolute Gasteiger partial charge is 0.0925 e. The first kappa shape index (κ1) is 6.08. The van der Waals surface area contributed by atoms with Crippen molar-refractivity contribution in [3.05, 3.63) is 46.8 Å². The summed E-state index contributed by atoms with van der Waals surface area (Å²) in [6, 6.07) is 0. The van der Waals surface area contributed by atoms with Gasteiger partial charge in [-0.1, -0.05) is 18.2 Å². The van der Waals surface area contributed by atoms with Gasteiger partial charge in [-0.2, -0.15) is 4.94 Å². The molecule has 1 saturated heterocycles. The molecule has 3 nitrogen and oxygen atoms in total. The van der Waals surface area contributed by atoms with Crippen LogP contribution in [-0.4, -0.2) is 0 Å². The quantitative estimate of drug-likeness (QED) is 0.556. The number of nitrogens with one attached hydrogen (secondary N) is 2. The van der Waals surface area contributed by atoms with Crippen LogP contribution in [0.2, 0.25) is 0 Å². The summed E-state index contributed by atoms with van der Waals surface area (Å²) >= 11 is 0. The van der Waals surface area contributed by atoms with Crippen LogP contribution in [0.5, 0.6) is 0 Å². The van der Waals surface area contributed by atoms with Crippen molar-refractivity contribution in [3.8, 4) is 0 Å². The van der Waals surface area contributed by atoms with Crippen LogP contribution >= 0.6 is 0 Å². The zero-order chi connectivity index (χ0) is 7.97. The van der Waals surface area contributed by atoms with Gasteiger partial charge in [0.2, 0.25) is 0 Å². The van der Waals surface area contributed by atoms with Gasteiger partial charge in [0.05, 0.1) is 11.4 Å². The Hall–Kier alpha value is -1.48. The van der Waals surface area contributed by atoms with Gasteiger partial charge >= 0.3 is 0 Å². The van der Waals surface area contributed by atoms with Gasteiger partial charge in [-0.25, -0.2) is 11.0 Å². The molecule has 0 aromatic heterocycles. The molecule has 0 saturated carbocycles. The Labute approximate surface area is 70.0 Å². The van der Waals surface area contributed by atoms with Crippen molar-refractivity contribution in [2.24, 2.45) is 0 Å². The fourth-order valence-corrected chi connectivity index (χ4v) is 1.68. The summed E-state index contributed by atoms with van der Waals surface area (Å²) in [6.07, 6.45) is 9.41. The summed E-state index contributed by atoms with van der Waals surface area (Å²) in [6.45, 7) is 0. The van der Waals surface area contributed by atoms with E-state index in [9.17, 15) is 0 Å². The molecule has 12 heavy (non-hydrogen) atoms. The van der Waals surface area contributed by atoms with Crippen molar-refractivity contribution in [2.45, 2.75) is 6.42 Å². The van der Waals surface area contributed by atoms with Gasteiger partial charge in [-0.3, -0.25) is 0 Å². The number of fused-ring (bicyclic) bond motifs is 2. The van der Waals surface area contributed by atoms with Crippen LogP contribution in [0.1, 0.15) is 6.42 Å². The van der Waals surface area contributed by atoms with Gasteiger partial charge in [-0.15, -0.1) is 0 Å². The molecular formula is C9H8N2O. The van der Waals surface area contributed by atoms with Crippen LogP contribution in [0.4, 0.5) is 0 Å². The van der Waals surface area contributed by atoms with E-state index in [1.807, 2.05) is 0 Å². The van der Waals surface area contributed by atoms with Crippen molar-refractivity contribution >= 4 is 0 Å². The topological polar surface area (TPSA) is 33.3 Å². The first-order valence-corrected chi connectivity index (χ1v) is 3.95. The molecule has 0 aromatic rings. The molecule has 60 valence electrons. The minimum atomic E-state index is 0.985. The third-order valence-corrected chi connectivity index (χ3v) is 2.27. The van der Waals surface area contributed by atoms with Gasteiger partial charge < -0.3 is 0 Å². The lowest BCUT2D eigenvalue weighted by Gasteiger charge is -2.06. The van der Waals surface area contributed by atoms with E-state index in [2.05, 4.69) is 35.3 Å². The molecule has 3 heteroatoms. The number of hydrogen-bond acceptors (Lipinski definition) is 3. The molecule has 1 heterocycles. The zero-order valence-corrected chi connectivity index (χ0v) is 6.42. The first-order chi connectivity index (χ1) is 5.95. The van der Waals surface area contributed by atoms with Crippen LogP contribution < -0.4 is 11.0 Å². The van der Waals surface area contributed by atoms with Crippen LogP contribution in [0, 0.1) is 0 Å². The van der Waals surface area contributed by atoms with Crippen LogP contribution in [0.3, 0.4) is 0 Å². The third kappa shape index (κ3) is 0.636. The van der Waals surface area contributed by atoms with Crippen LogP contribution in [0.25, 0.3) is 0 Å². The molecule has 0 spiro atoms. The zero-order valence-electron chi connectivity index (χ0n) is 6.42. The van der Waals surface area contributed by atoms with E-state index in [0.717, 1.165) is 17.8 Å². The Morgan fingerprint density at radius 1 is 1.33 bits per heavy atom. The molecule has 0 unspecified atom stereocenters. The molecule has 0 bridgehead atoms. The lowest BCUT2D eigenvalue weighted by molar-refractivity contribution is 0.0355. The van der Waals surface area contributed by atoms with Crippen molar-refractivity contribution in [2.75, 3.05) is 0 Å². The molecule has 1 aliphatic heterocycles. The average molecular weight is 160 g/mol. The van der Waals surface area contributed by atoms with E-state index in [1.54, 1.807) is 0 Å². The van der Waals surface area contributed by atoms with Crippen LogP contribution in [0.15, 0.2) is 46.8 Å². The molecule has 0 aromatic carbocycles. The first-order valence-electron chi connectivity index (χ1n) is 3.95. The minimum Gasteiger partial charge on any atom is -0.240 e. The Morgan fingerprint density at radius 3 is 3.33 bits per heavy atom. The van der Waals surface area contributed by atoms with E-state index in [0.29, 0.717) is 0 Å². The number of allylic oxidation sites excluding steroid dienone is 6. The predicted molar refractivity (Wildman–Crippen MR) is 44.3 cm³/mol. The molecule has 0 atom stereocenters. The van der Waals surface area contributed by atoms with Crippen molar-refractivity contribution in [3.63, 3.8) is 0 Å². The predicted octanol–water partition coefficient (Wildman–Crippen LogP) is 1.06. The second kappa shape index (κ2) is 2.01. The highest BCUT2D eigenvalue weighted by Gasteiger charge is 2.26. The van der Waals surface area contributed by atoms with E-state index < -0.39 is 0 Å². The Morgan fingerprint density at radius 2 is 2.33 bits per heavy atom. The molecule has 3 aliphatic rings. The average Bonchev–Trinajstić information content (AvgIpc) is 2.62. The molecular weight excluding hydrogens is 152 g/mol. The summed E-state index contributed by atoms with van der Waals surface area (Å²) in [4.78, 5) is 4.88. The molecule has 2 N–H and O–H groups in total. The number of hydroxylamine groups is 2.